The van der Waals surface area contributed by atoms with Gasteiger partial charge in [-0.05, 0) is 27.2 Å². The van der Waals surface area contributed by atoms with Gasteiger partial charge in [0.25, 0.3) is 0 Å². The number of hydrogen-bond acceptors (Lipinski definition) is 3. The monoisotopic (exact) mass is 193 g/mol. The molecule has 14 heavy (non-hydrogen) atoms. The second kappa shape index (κ2) is 4.40. The topological polar surface area (TPSA) is 28.0 Å². The molecule has 2 aliphatic rings. The minimum Gasteiger partial charge on any atom is -0.262 e. The van der Waals surface area contributed by atoms with E-state index in [1.165, 1.54) is 11.3 Å². The van der Waals surface area contributed by atoms with Gasteiger partial charge in [0.15, 0.2) is 0 Å². The highest BCUT2D eigenvalue weighted by Crippen LogP contribution is 2.24. The van der Waals surface area contributed by atoms with Gasteiger partial charge >= 0.3 is 0 Å². The van der Waals surface area contributed by atoms with E-state index in [0.29, 0.717) is 6.04 Å². The molecular weight excluding hydrogens is 174 g/mol. The fraction of sp³-hybridized carbons (Fsp3) is 0.636. The van der Waals surface area contributed by atoms with Gasteiger partial charge in [-0.3, -0.25) is 5.01 Å². The summed E-state index contributed by atoms with van der Waals surface area (Å²) in [6.45, 7) is 10.1. The molecule has 2 heterocycles. The molecule has 0 amide bonds. The fourth-order valence-corrected chi connectivity index (χ4v) is 1.72. The van der Waals surface area contributed by atoms with Crippen molar-refractivity contribution in [3.8, 4) is 0 Å². The van der Waals surface area contributed by atoms with E-state index in [1.807, 2.05) is 25.8 Å². The lowest BCUT2D eigenvalue weighted by Crippen LogP contribution is -2.33. The van der Waals surface area contributed by atoms with E-state index in [-0.39, 0.29) is 0 Å². The number of hydrogen-bond donors (Lipinski definition) is 0. The van der Waals surface area contributed by atoms with Gasteiger partial charge in [0.1, 0.15) is 5.84 Å². The average Bonchev–Trinajstić information content (AvgIpc) is 2.49. The van der Waals surface area contributed by atoms with Gasteiger partial charge in [-0.2, -0.15) is 5.10 Å². The second-order valence-electron chi connectivity index (χ2n) is 3.48. The molecule has 0 fully saturated rings. The van der Waals surface area contributed by atoms with Crippen LogP contribution >= 0.6 is 0 Å². The van der Waals surface area contributed by atoms with Crippen molar-refractivity contribution in [2.75, 3.05) is 0 Å². The van der Waals surface area contributed by atoms with Crippen LogP contribution in [0.25, 0.3) is 0 Å². The number of fused-ring (bicyclic) bond motifs is 1. The Bertz CT molecular complexity index is 300. The van der Waals surface area contributed by atoms with Crippen LogP contribution in [0, 0.1) is 0 Å². The third kappa shape index (κ3) is 2.03. The molecule has 3 nitrogen and oxygen atoms in total. The Morgan fingerprint density at radius 3 is 2.57 bits per heavy atom. The van der Waals surface area contributed by atoms with Gasteiger partial charge in [-0.1, -0.05) is 19.4 Å². The largest absolute Gasteiger partial charge is 0.262 e. The lowest BCUT2D eigenvalue weighted by atomic mass is 10.1. The van der Waals surface area contributed by atoms with Crippen molar-refractivity contribution in [1.29, 1.82) is 0 Å². The van der Waals surface area contributed by atoms with Crippen LogP contribution in [0.3, 0.4) is 0 Å². The average molecular weight is 193 g/mol. The zero-order valence-electron chi connectivity index (χ0n) is 9.70. The summed E-state index contributed by atoms with van der Waals surface area (Å²) in [4.78, 5) is 4.35. The van der Waals surface area contributed by atoms with Crippen molar-refractivity contribution < 1.29 is 0 Å². The summed E-state index contributed by atoms with van der Waals surface area (Å²) in [6, 6.07) is 0.397. The number of rotatable bonds is 0. The predicted octanol–water partition coefficient (Wildman–Crippen LogP) is 2.80. The number of hydrazone groups is 1. The molecule has 0 radical (unpaired) electrons. The van der Waals surface area contributed by atoms with E-state index in [1.54, 1.807) is 0 Å². The molecule has 0 aromatic carbocycles. The van der Waals surface area contributed by atoms with E-state index >= 15 is 0 Å². The maximum absolute atomic E-state index is 4.35. The standard InChI is InChI=1S/C9H13N3.C2H6/c1-6-4-9-7(2)10-8(3)11-12(9)5-6;1-2/h5,9H,4H2,1-3H3;1-2H3. The Morgan fingerprint density at radius 1 is 1.29 bits per heavy atom. The zero-order chi connectivity index (χ0) is 10.7. The van der Waals surface area contributed by atoms with Gasteiger partial charge in [0.2, 0.25) is 0 Å². The highest BCUT2D eigenvalue weighted by Gasteiger charge is 2.27. The molecule has 0 aliphatic carbocycles. The minimum absolute atomic E-state index is 0.397. The van der Waals surface area contributed by atoms with Gasteiger partial charge < -0.3 is 0 Å². The molecule has 2 rings (SSSR count). The fourth-order valence-electron chi connectivity index (χ4n) is 1.72. The molecule has 0 N–H and O–H groups in total. The first-order valence-electron chi connectivity index (χ1n) is 5.23. The lowest BCUT2D eigenvalue weighted by molar-refractivity contribution is 0.374. The molecule has 0 bridgehead atoms. The van der Waals surface area contributed by atoms with E-state index in [4.69, 9.17) is 0 Å². The Morgan fingerprint density at radius 2 is 1.93 bits per heavy atom. The second-order valence-corrected chi connectivity index (χ2v) is 3.48. The number of aliphatic imine (C=N–C) groups is 1. The third-order valence-electron chi connectivity index (χ3n) is 2.27. The Balaban J connectivity index is 0.000000461. The van der Waals surface area contributed by atoms with Crippen molar-refractivity contribution in [2.24, 2.45) is 10.1 Å². The predicted molar refractivity (Wildman–Crippen MR) is 61.6 cm³/mol. The van der Waals surface area contributed by atoms with Gasteiger partial charge in [-0.25, -0.2) is 4.99 Å². The molecule has 1 atom stereocenters. The van der Waals surface area contributed by atoms with E-state index in [2.05, 4.69) is 30.1 Å². The molecule has 0 spiro atoms. The smallest absolute Gasteiger partial charge is 0.145 e. The van der Waals surface area contributed by atoms with Crippen molar-refractivity contribution in [1.82, 2.24) is 5.01 Å². The van der Waals surface area contributed by atoms with Gasteiger partial charge in [0, 0.05) is 11.9 Å². The van der Waals surface area contributed by atoms with Gasteiger partial charge in [-0.15, -0.1) is 0 Å². The normalized spacial score (nSPS) is 24.2. The van der Waals surface area contributed by atoms with E-state index in [9.17, 15) is 0 Å². The molecule has 0 saturated carbocycles. The summed E-state index contributed by atoms with van der Waals surface area (Å²) in [7, 11) is 0. The van der Waals surface area contributed by atoms with Crippen LogP contribution in [-0.4, -0.2) is 22.6 Å². The van der Waals surface area contributed by atoms with Crippen LogP contribution in [0.2, 0.25) is 0 Å². The first kappa shape index (κ1) is 11.0. The Hall–Kier alpha value is -1.12. The van der Waals surface area contributed by atoms with Crippen LogP contribution < -0.4 is 0 Å². The molecular formula is C11H19N3. The van der Waals surface area contributed by atoms with Crippen molar-refractivity contribution in [2.45, 2.75) is 47.1 Å². The van der Waals surface area contributed by atoms with E-state index in [0.717, 1.165) is 12.3 Å². The molecule has 0 saturated heterocycles. The summed E-state index contributed by atoms with van der Waals surface area (Å²) in [5.74, 6) is 0.856. The lowest BCUT2D eigenvalue weighted by Gasteiger charge is -2.24. The SMILES string of the molecule is CC.CC1=CN2N=C(C)N=C(C)C2C1. The highest BCUT2D eigenvalue weighted by molar-refractivity contribution is 6.00. The van der Waals surface area contributed by atoms with Gasteiger partial charge in [0.05, 0.1) is 6.04 Å². The Labute approximate surface area is 86.2 Å². The van der Waals surface area contributed by atoms with Crippen LogP contribution in [0.15, 0.2) is 21.9 Å². The van der Waals surface area contributed by atoms with Crippen molar-refractivity contribution >= 4 is 11.5 Å². The summed E-state index contributed by atoms with van der Waals surface area (Å²) >= 11 is 0. The molecule has 0 aromatic rings. The number of nitrogens with zero attached hydrogens (tertiary/aromatic N) is 3. The van der Waals surface area contributed by atoms with Crippen LogP contribution in [0.4, 0.5) is 0 Å². The molecule has 2 aliphatic heterocycles. The Kier molecular flexibility index (Phi) is 3.44. The van der Waals surface area contributed by atoms with Crippen LogP contribution in [0.5, 0.6) is 0 Å². The van der Waals surface area contributed by atoms with Crippen LogP contribution in [0.1, 0.15) is 41.0 Å². The molecule has 3 heteroatoms. The van der Waals surface area contributed by atoms with Crippen molar-refractivity contribution in [3.05, 3.63) is 11.8 Å². The summed E-state index contributed by atoms with van der Waals surface area (Å²) in [6.07, 6.45) is 3.18. The molecule has 1 unspecified atom stereocenters. The van der Waals surface area contributed by atoms with Crippen LogP contribution in [-0.2, 0) is 0 Å². The maximum atomic E-state index is 4.35. The summed E-state index contributed by atoms with van der Waals surface area (Å²) < 4.78 is 0. The van der Waals surface area contributed by atoms with E-state index < -0.39 is 0 Å². The number of amidine groups is 1. The quantitative estimate of drug-likeness (QED) is 0.581. The maximum Gasteiger partial charge on any atom is 0.145 e. The molecule has 0 aromatic heterocycles. The van der Waals surface area contributed by atoms with Crippen molar-refractivity contribution in [3.63, 3.8) is 0 Å². The first-order chi connectivity index (χ1) is 6.66. The molecule has 78 valence electrons. The first-order valence-corrected chi connectivity index (χ1v) is 5.23. The summed E-state index contributed by atoms with van der Waals surface area (Å²) in [5.41, 5.74) is 2.56. The third-order valence-corrected chi connectivity index (χ3v) is 2.27. The minimum atomic E-state index is 0.397. The summed E-state index contributed by atoms with van der Waals surface area (Å²) in [5, 5.41) is 6.35. The zero-order valence-corrected chi connectivity index (χ0v) is 9.70. The highest BCUT2D eigenvalue weighted by atomic mass is 15.5.